The molecule has 0 atom stereocenters. The molecule has 1 saturated carbocycles. The average molecular weight is 374 g/mol. The highest BCUT2D eigenvalue weighted by Gasteiger charge is 2.21. The first-order valence-electron chi connectivity index (χ1n) is 11.4. The van der Waals surface area contributed by atoms with Gasteiger partial charge in [0, 0.05) is 5.92 Å². The van der Waals surface area contributed by atoms with E-state index in [9.17, 15) is 0 Å². The second-order valence-electron chi connectivity index (χ2n) is 8.51. The molecule has 0 aromatic heterocycles. The lowest BCUT2D eigenvalue weighted by Gasteiger charge is -2.25. The summed E-state index contributed by atoms with van der Waals surface area (Å²) in [5.41, 5.74) is 5.52. The number of hydrogen-bond donors (Lipinski definition) is 0. The van der Waals surface area contributed by atoms with E-state index >= 15 is 0 Å². The normalized spacial score (nSPS) is 19.3. The van der Waals surface area contributed by atoms with Crippen molar-refractivity contribution >= 4 is 0 Å². The van der Waals surface area contributed by atoms with Gasteiger partial charge in [-0.2, -0.15) is 5.26 Å². The van der Waals surface area contributed by atoms with Crippen LogP contribution < -0.4 is 0 Å². The average Bonchev–Trinajstić information content (AvgIpc) is 2.77. The van der Waals surface area contributed by atoms with Gasteiger partial charge in [-0.05, 0) is 66.7 Å². The second-order valence-corrected chi connectivity index (χ2v) is 8.51. The van der Waals surface area contributed by atoms with Crippen molar-refractivity contribution in [3.63, 3.8) is 0 Å². The zero-order valence-electron chi connectivity index (χ0n) is 17.5. The molecule has 1 aliphatic rings. The molecule has 0 bridgehead atoms. The number of hydrogen-bond acceptors (Lipinski definition) is 1. The van der Waals surface area contributed by atoms with E-state index in [2.05, 4.69) is 61.5 Å². The number of benzene rings is 2. The molecule has 0 amide bonds. The molecule has 3 rings (SSSR count). The minimum atomic E-state index is 0.283. The van der Waals surface area contributed by atoms with E-state index < -0.39 is 0 Å². The third-order valence-corrected chi connectivity index (χ3v) is 6.40. The highest BCUT2D eigenvalue weighted by Crippen LogP contribution is 2.36. The van der Waals surface area contributed by atoms with Crippen LogP contribution in [0.4, 0.5) is 0 Å². The van der Waals surface area contributed by atoms with Gasteiger partial charge in [0.2, 0.25) is 0 Å². The molecule has 1 nitrogen and oxygen atoms in total. The molecule has 0 saturated heterocycles. The summed E-state index contributed by atoms with van der Waals surface area (Å²) in [5, 5.41) is 9.07. The Morgan fingerprint density at radius 3 is 1.93 bits per heavy atom. The smallest absolute Gasteiger partial charge is 0.0655 e. The van der Waals surface area contributed by atoms with Crippen LogP contribution in [-0.4, -0.2) is 0 Å². The highest BCUT2D eigenvalue weighted by molar-refractivity contribution is 5.64. The molecular weight excluding hydrogens is 338 g/mol. The van der Waals surface area contributed by atoms with Crippen LogP contribution in [0.25, 0.3) is 11.1 Å². The third-order valence-electron chi connectivity index (χ3n) is 6.40. The molecule has 148 valence electrons. The predicted molar refractivity (Wildman–Crippen MR) is 119 cm³/mol. The third kappa shape index (κ3) is 5.96. The van der Waals surface area contributed by atoms with Crippen LogP contribution in [0.2, 0.25) is 0 Å². The van der Waals surface area contributed by atoms with Crippen LogP contribution >= 0.6 is 0 Å². The zero-order valence-corrected chi connectivity index (χ0v) is 17.5. The van der Waals surface area contributed by atoms with Crippen LogP contribution in [0.15, 0.2) is 48.5 Å². The van der Waals surface area contributed by atoms with Gasteiger partial charge in [0.1, 0.15) is 0 Å². The van der Waals surface area contributed by atoms with Crippen molar-refractivity contribution in [2.24, 2.45) is 5.92 Å². The van der Waals surface area contributed by atoms with Crippen LogP contribution in [0, 0.1) is 17.2 Å². The monoisotopic (exact) mass is 373 g/mol. The molecule has 0 radical (unpaired) electrons. The summed E-state index contributed by atoms with van der Waals surface area (Å²) in [6, 6.07) is 20.7. The number of nitrogens with zero attached hydrogens (tertiary/aromatic N) is 1. The highest BCUT2D eigenvalue weighted by atomic mass is 14.3. The van der Waals surface area contributed by atoms with Gasteiger partial charge in [-0.25, -0.2) is 0 Å². The number of rotatable bonds is 9. The Bertz CT molecular complexity index is 727. The first-order chi connectivity index (χ1) is 13.8. The van der Waals surface area contributed by atoms with Crippen molar-refractivity contribution in [3.05, 3.63) is 59.7 Å². The van der Waals surface area contributed by atoms with Gasteiger partial charge in [-0.15, -0.1) is 0 Å². The molecule has 1 fully saturated rings. The van der Waals surface area contributed by atoms with Gasteiger partial charge in [-0.3, -0.25) is 0 Å². The summed E-state index contributed by atoms with van der Waals surface area (Å²) in [6.45, 7) is 2.27. The summed E-state index contributed by atoms with van der Waals surface area (Å²) in [4.78, 5) is 0. The van der Waals surface area contributed by atoms with E-state index in [4.69, 9.17) is 5.26 Å². The van der Waals surface area contributed by atoms with Gasteiger partial charge < -0.3 is 0 Å². The summed E-state index contributed by atoms with van der Waals surface area (Å²) >= 11 is 0. The molecule has 2 aromatic rings. The van der Waals surface area contributed by atoms with Gasteiger partial charge in [0.05, 0.1) is 6.07 Å². The molecule has 1 heteroatoms. The maximum absolute atomic E-state index is 9.07. The Hall–Kier alpha value is -2.07. The van der Waals surface area contributed by atoms with Gasteiger partial charge in [0.25, 0.3) is 0 Å². The molecule has 0 spiro atoms. The van der Waals surface area contributed by atoms with Crippen LogP contribution in [0.5, 0.6) is 0 Å². The lowest BCUT2D eigenvalue weighted by molar-refractivity contribution is 0.382. The first kappa shape index (κ1) is 20.7. The zero-order chi connectivity index (χ0) is 19.6. The van der Waals surface area contributed by atoms with Crippen molar-refractivity contribution in [1.82, 2.24) is 0 Å². The van der Waals surface area contributed by atoms with Gasteiger partial charge in [0.15, 0.2) is 0 Å². The Morgan fingerprint density at radius 2 is 1.32 bits per heavy atom. The summed E-state index contributed by atoms with van der Waals surface area (Å²) in [6.07, 6.45) is 13.8. The number of nitriles is 1. The van der Waals surface area contributed by atoms with Crippen molar-refractivity contribution in [1.29, 1.82) is 5.26 Å². The van der Waals surface area contributed by atoms with E-state index in [-0.39, 0.29) is 5.92 Å². The molecule has 0 heterocycles. The van der Waals surface area contributed by atoms with Crippen LogP contribution in [0.1, 0.15) is 88.2 Å². The number of aryl methyl sites for hydroxylation is 1. The Morgan fingerprint density at radius 1 is 0.750 bits per heavy atom. The van der Waals surface area contributed by atoms with Crippen LogP contribution in [0.3, 0.4) is 0 Å². The van der Waals surface area contributed by atoms with E-state index in [1.54, 1.807) is 0 Å². The largest absolute Gasteiger partial charge is 0.198 e. The van der Waals surface area contributed by atoms with Crippen molar-refractivity contribution in [3.8, 4) is 17.2 Å². The SMILES string of the molecule is CCCCCCCCc1ccc(-c2ccc(C3CCC(C#N)CC3)cc2)cc1. The first-order valence-corrected chi connectivity index (χ1v) is 11.4. The molecule has 0 unspecified atom stereocenters. The van der Waals surface area contributed by atoms with Gasteiger partial charge in [-0.1, -0.05) is 87.6 Å². The topological polar surface area (TPSA) is 23.8 Å². The fourth-order valence-corrected chi connectivity index (χ4v) is 4.48. The molecule has 2 aromatic carbocycles. The second kappa shape index (κ2) is 11.1. The summed E-state index contributed by atoms with van der Waals surface area (Å²) in [7, 11) is 0. The molecule has 1 aliphatic carbocycles. The maximum Gasteiger partial charge on any atom is 0.0655 e. The molecule has 0 aliphatic heterocycles. The minimum Gasteiger partial charge on any atom is -0.198 e. The summed E-state index contributed by atoms with van der Waals surface area (Å²) < 4.78 is 0. The Balaban J connectivity index is 1.49. The quantitative estimate of drug-likeness (QED) is 0.408. The van der Waals surface area contributed by atoms with Crippen molar-refractivity contribution in [2.75, 3.05) is 0 Å². The number of unbranched alkanes of at least 4 members (excludes halogenated alkanes) is 5. The Kier molecular flexibility index (Phi) is 8.16. The van der Waals surface area contributed by atoms with E-state index in [0.29, 0.717) is 5.92 Å². The molecular formula is C27H35N. The lowest BCUT2D eigenvalue weighted by Crippen LogP contribution is -2.11. The van der Waals surface area contributed by atoms with Crippen molar-refractivity contribution in [2.45, 2.75) is 83.5 Å². The fraction of sp³-hybridized carbons (Fsp3) is 0.519. The van der Waals surface area contributed by atoms with Crippen LogP contribution in [-0.2, 0) is 6.42 Å². The molecule has 0 N–H and O–H groups in total. The molecule has 28 heavy (non-hydrogen) atoms. The van der Waals surface area contributed by atoms with E-state index in [1.807, 2.05) is 0 Å². The summed E-state index contributed by atoms with van der Waals surface area (Å²) in [5.74, 6) is 0.920. The van der Waals surface area contributed by atoms with Gasteiger partial charge >= 0.3 is 0 Å². The van der Waals surface area contributed by atoms with E-state index in [0.717, 1.165) is 25.7 Å². The standard InChI is InChI=1S/C27H35N/c1-2-3-4-5-6-7-8-22-9-13-24(14-10-22)26-17-19-27(20-18-26)25-15-11-23(21-28)12-16-25/h9-10,13-14,17-20,23,25H,2-8,11-12,15-16H2,1H3. The lowest BCUT2D eigenvalue weighted by atomic mass is 9.79. The maximum atomic E-state index is 9.07. The van der Waals surface area contributed by atoms with E-state index in [1.165, 1.54) is 67.2 Å². The predicted octanol–water partition coefficient (Wildman–Crippen LogP) is 8.05. The van der Waals surface area contributed by atoms with Crippen molar-refractivity contribution < 1.29 is 0 Å². The fourth-order valence-electron chi connectivity index (χ4n) is 4.48. The minimum absolute atomic E-state index is 0.283. The Labute approximate surface area is 171 Å².